The summed E-state index contributed by atoms with van der Waals surface area (Å²) in [5.41, 5.74) is 0.894. The van der Waals surface area contributed by atoms with Crippen molar-refractivity contribution in [2.24, 2.45) is 0 Å². The Hall–Kier alpha value is -1.14. The van der Waals surface area contributed by atoms with Crippen molar-refractivity contribution in [3.8, 4) is 0 Å². The van der Waals surface area contributed by atoms with Crippen molar-refractivity contribution >= 4 is 17.4 Å². The third-order valence-electron chi connectivity index (χ3n) is 2.74. The molecule has 5 nitrogen and oxygen atoms in total. The normalized spacial score (nSPS) is 23.9. The first kappa shape index (κ1) is 12.3. The van der Waals surface area contributed by atoms with Gasteiger partial charge in [0.25, 0.3) is 0 Å². The largest absolute Gasteiger partial charge is 0.377 e. The third kappa shape index (κ3) is 2.76. The Balaban J connectivity index is 2.22. The van der Waals surface area contributed by atoms with E-state index in [4.69, 9.17) is 4.74 Å². The minimum Gasteiger partial charge on any atom is -0.377 e. The zero-order valence-corrected chi connectivity index (χ0v) is 10.6. The molecule has 1 aliphatic rings. The molecular weight excluding hydrogens is 240 g/mol. The van der Waals surface area contributed by atoms with Crippen LogP contribution in [0.2, 0.25) is 0 Å². The van der Waals surface area contributed by atoms with Gasteiger partial charge in [0, 0.05) is 24.1 Å². The Morgan fingerprint density at radius 2 is 2.41 bits per heavy atom. The summed E-state index contributed by atoms with van der Waals surface area (Å²) < 4.78 is 5.44. The van der Waals surface area contributed by atoms with Crippen LogP contribution in [0.5, 0.6) is 0 Å². The molecule has 2 unspecified atom stereocenters. The van der Waals surface area contributed by atoms with Crippen molar-refractivity contribution in [1.82, 2.24) is 4.98 Å². The average Bonchev–Trinajstić information content (AvgIpc) is 2.67. The molecule has 1 fully saturated rings. The summed E-state index contributed by atoms with van der Waals surface area (Å²) in [6, 6.07) is 1.57. The molecule has 0 bridgehead atoms. The molecule has 0 amide bonds. The van der Waals surface area contributed by atoms with E-state index < -0.39 is 0 Å². The summed E-state index contributed by atoms with van der Waals surface area (Å²) in [5.74, 6) is 0. The van der Waals surface area contributed by atoms with Gasteiger partial charge in [-0.05, 0) is 25.8 Å². The zero-order chi connectivity index (χ0) is 12.4. The number of thioether (sulfide) groups is 1. The Bertz CT molecular complexity index is 439. The van der Waals surface area contributed by atoms with E-state index in [0.717, 1.165) is 18.6 Å². The lowest BCUT2D eigenvalue weighted by molar-refractivity contribution is -0.388. The van der Waals surface area contributed by atoms with Crippen LogP contribution in [0.4, 0.5) is 5.69 Å². The Morgan fingerprint density at radius 1 is 1.65 bits per heavy atom. The van der Waals surface area contributed by atoms with Crippen LogP contribution in [-0.2, 0) is 4.74 Å². The maximum Gasteiger partial charge on any atom is 0.301 e. The van der Waals surface area contributed by atoms with Gasteiger partial charge in [-0.2, -0.15) is 0 Å². The van der Waals surface area contributed by atoms with E-state index >= 15 is 0 Å². The third-order valence-corrected chi connectivity index (χ3v) is 4.19. The summed E-state index contributed by atoms with van der Waals surface area (Å²) >= 11 is 1.45. The van der Waals surface area contributed by atoms with Gasteiger partial charge in [0.05, 0.1) is 11.0 Å². The van der Waals surface area contributed by atoms with Crippen molar-refractivity contribution in [3.05, 3.63) is 27.9 Å². The second-order valence-electron chi connectivity index (χ2n) is 4.11. The minimum absolute atomic E-state index is 0.0918. The van der Waals surface area contributed by atoms with Gasteiger partial charge >= 0.3 is 5.69 Å². The highest BCUT2D eigenvalue weighted by molar-refractivity contribution is 8.00. The zero-order valence-electron chi connectivity index (χ0n) is 9.75. The first-order chi connectivity index (χ1) is 8.08. The lowest BCUT2D eigenvalue weighted by Gasteiger charge is -2.12. The highest BCUT2D eigenvalue weighted by atomic mass is 32.2. The first-order valence-corrected chi connectivity index (χ1v) is 6.35. The summed E-state index contributed by atoms with van der Waals surface area (Å²) in [4.78, 5) is 14.7. The summed E-state index contributed by atoms with van der Waals surface area (Å²) in [6.07, 6.45) is 2.71. The molecule has 0 spiro atoms. The van der Waals surface area contributed by atoms with E-state index in [1.54, 1.807) is 19.2 Å². The molecule has 1 aromatic rings. The van der Waals surface area contributed by atoms with Crippen LogP contribution in [0, 0.1) is 17.0 Å². The number of nitrogens with zero attached hydrogens (tertiary/aromatic N) is 2. The van der Waals surface area contributed by atoms with Gasteiger partial charge in [-0.15, -0.1) is 0 Å². The van der Waals surface area contributed by atoms with Gasteiger partial charge in [-0.1, -0.05) is 11.8 Å². The Kier molecular flexibility index (Phi) is 3.63. The minimum atomic E-state index is -0.372. The van der Waals surface area contributed by atoms with Gasteiger partial charge in [-0.3, -0.25) is 10.1 Å². The number of aromatic nitrogens is 1. The molecule has 0 aromatic carbocycles. The quantitative estimate of drug-likeness (QED) is 0.612. The highest BCUT2D eigenvalue weighted by Crippen LogP contribution is 2.36. The highest BCUT2D eigenvalue weighted by Gasteiger charge is 2.28. The van der Waals surface area contributed by atoms with Crippen molar-refractivity contribution in [1.29, 1.82) is 0 Å². The lowest BCUT2D eigenvalue weighted by atomic mass is 10.3. The molecule has 17 heavy (non-hydrogen) atoms. The standard InChI is InChI=1S/C11H14N2O3S/c1-7-5-9(13(14)15)11(12-6-7)17-10-3-4-16-8(10)2/h5-6,8,10H,3-4H2,1-2H3. The molecule has 0 saturated carbocycles. The Morgan fingerprint density at radius 3 is 3.00 bits per heavy atom. The van der Waals surface area contributed by atoms with Crippen molar-refractivity contribution in [2.45, 2.75) is 36.6 Å². The second kappa shape index (κ2) is 5.01. The number of rotatable bonds is 3. The van der Waals surface area contributed by atoms with E-state index in [1.807, 2.05) is 6.92 Å². The van der Waals surface area contributed by atoms with Crippen molar-refractivity contribution < 1.29 is 9.66 Å². The van der Waals surface area contributed by atoms with Crippen LogP contribution >= 0.6 is 11.8 Å². The molecule has 0 N–H and O–H groups in total. The van der Waals surface area contributed by atoms with Gasteiger partial charge < -0.3 is 4.74 Å². The number of hydrogen-bond donors (Lipinski definition) is 0. The fourth-order valence-corrected chi connectivity index (χ4v) is 2.91. The molecule has 1 saturated heterocycles. The topological polar surface area (TPSA) is 65.3 Å². The number of pyridine rings is 1. The number of aryl methyl sites for hydroxylation is 1. The SMILES string of the molecule is Cc1cnc(SC2CCOC2C)c([N+](=O)[O-])c1. The second-order valence-corrected chi connectivity index (χ2v) is 5.34. The predicted molar refractivity (Wildman–Crippen MR) is 65.3 cm³/mol. The smallest absolute Gasteiger partial charge is 0.301 e. The van der Waals surface area contributed by atoms with Gasteiger partial charge in [0.1, 0.15) is 0 Å². The van der Waals surface area contributed by atoms with Gasteiger partial charge in [0.15, 0.2) is 5.03 Å². The molecule has 2 rings (SSSR count). The van der Waals surface area contributed by atoms with Crippen molar-refractivity contribution in [2.75, 3.05) is 6.61 Å². The van der Waals surface area contributed by atoms with Crippen LogP contribution in [0.15, 0.2) is 17.3 Å². The van der Waals surface area contributed by atoms with E-state index in [1.165, 1.54) is 11.8 Å². The number of hydrogen-bond acceptors (Lipinski definition) is 5. The number of ether oxygens (including phenoxy) is 1. The summed E-state index contributed by atoms with van der Waals surface area (Å²) in [5, 5.41) is 11.7. The Labute approximate surface area is 104 Å². The van der Waals surface area contributed by atoms with Gasteiger partial charge in [0.2, 0.25) is 0 Å². The average molecular weight is 254 g/mol. The van der Waals surface area contributed by atoms with E-state index in [9.17, 15) is 10.1 Å². The van der Waals surface area contributed by atoms with Crippen LogP contribution in [0.1, 0.15) is 18.9 Å². The lowest BCUT2D eigenvalue weighted by Crippen LogP contribution is -2.13. The molecule has 6 heteroatoms. The van der Waals surface area contributed by atoms with E-state index in [2.05, 4.69) is 4.98 Å². The molecule has 2 heterocycles. The van der Waals surface area contributed by atoms with Crippen LogP contribution in [0.25, 0.3) is 0 Å². The first-order valence-electron chi connectivity index (χ1n) is 5.47. The molecule has 0 aliphatic carbocycles. The van der Waals surface area contributed by atoms with Crippen LogP contribution in [-0.4, -0.2) is 27.9 Å². The molecule has 1 aromatic heterocycles. The predicted octanol–water partition coefficient (Wildman–Crippen LogP) is 2.57. The fourth-order valence-electron chi connectivity index (χ4n) is 1.77. The molecule has 1 aliphatic heterocycles. The van der Waals surface area contributed by atoms with E-state index in [-0.39, 0.29) is 22.0 Å². The van der Waals surface area contributed by atoms with E-state index in [0.29, 0.717) is 5.03 Å². The molecular formula is C11H14N2O3S. The molecule has 0 radical (unpaired) electrons. The fraction of sp³-hybridized carbons (Fsp3) is 0.545. The molecule has 2 atom stereocenters. The van der Waals surface area contributed by atoms with Gasteiger partial charge in [-0.25, -0.2) is 4.98 Å². The monoisotopic (exact) mass is 254 g/mol. The summed E-state index contributed by atoms with van der Waals surface area (Å²) in [6.45, 7) is 4.51. The van der Waals surface area contributed by atoms with Crippen LogP contribution < -0.4 is 0 Å². The number of nitro groups is 1. The van der Waals surface area contributed by atoms with Crippen LogP contribution in [0.3, 0.4) is 0 Å². The van der Waals surface area contributed by atoms with Crippen molar-refractivity contribution in [3.63, 3.8) is 0 Å². The molecule has 92 valence electrons. The maximum absolute atomic E-state index is 11.0. The summed E-state index contributed by atoms with van der Waals surface area (Å²) in [7, 11) is 0. The maximum atomic E-state index is 11.0.